The van der Waals surface area contributed by atoms with Crippen LogP contribution in [0.25, 0.3) is 0 Å². The molecule has 0 aromatic rings. The van der Waals surface area contributed by atoms with E-state index in [2.05, 4.69) is 13.5 Å². The number of carbonyl (C=O) groups is 3. The zero-order valence-electron chi connectivity index (χ0n) is 17.8. The number of Topliss-reactive ketones (excluding diaryl/α,β-unsaturated/α-hetero) is 2. The van der Waals surface area contributed by atoms with Crippen LogP contribution < -0.4 is 0 Å². The van der Waals surface area contributed by atoms with Gasteiger partial charge in [-0.1, -0.05) is 26.0 Å². The van der Waals surface area contributed by atoms with Gasteiger partial charge >= 0.3 is 0 Å². The minimum Gasteiger partial charge on any atom is -0.491 e. The van der Waals surface area contributed by atoms with Gasteiger partial charge in [0.1, 0.15) is 18.0 Å². The SMILES string of the molecule is C=C(C)OCC(=O)[C@@]1(O)CC[C@H]2[C@@H]3CCC4=CC(=O)CC[C@]4(C)[C@H]3C(=O)C[C@@]21C. The summed E-state index contributed by atoms with van der Waals surface area (Å²) >= 11 is 0. The minimum atomic E-state index is -1.53. The second kappa shape index (κ2) is 6.63. The maximum Gasteiger partial charge on any atom is 0.202 e. The Morgan fingerprint density at radius 2 is 1.97 bits per heavy atom. The summed E-state index contributed by atoms with van der Waals surface area (Å²) < 4.78 is 5.31. The van der Waals surface area contributed by atoms with E-state index in [1.165, 1.54) is 0 Å². The third kappa shape index (κ3) is 2.80. The lowest BCUT2D eigenvalue weighted by molar-refractivity contribution is -0.170. The van der Waals surface area contributed by atoms with E-state index in [-0.39, 0.29) is 53.5 Å². The molecule has 3 saturated carbocycles. The first-order chi connectivity index (χ1) is 13.5. The van der Waals surface area contributed by atoms with Crippen LogP contribution in [-0.2, 0) is 19.1 Å². The van der Waals surface area contributed by atoms with Gasteiger partial charge < -0.3 is 9.84 Å². The fourth-order valence-electron chi connectivity index (χ4n) is 7.15. The molecule has 4 aliphatic carbocycles. The number of aliphatic hydroxyl groups is 1. The second-order valence-electron chi connectivity index (χ2n) is 10.2. The van der Waals surface area contributed by atoms with E-state index in [0.29, 0.717) is 18.6 Å². The lowest BCUT2D eigenvalue weighted by Gasteiger charge is -2.57. The Kier molecular flexibility index (Phi) is 4.69. The number of hydrogen-bond acceptors (Lipinski definition) is 5. The molecule has 0 aromatic carbocycles. The molecule has 4 rings (SSSR count). The van der Waals surface area contributed by atoms with Crippen molar-refractivity contribution in [3.63, 3.8) is 0 Å². The van der Waals surface area contributed by atoms with Gasteiger partial charge in [-0.2, -0.15) is 0 Å². The smallest absolute Gasteiger partial charge is 0.202 e. The van der Waals surface area contributed by atoms with Gasteiger partial charge in [0.05, 0.1) is 5.76 Å². The quantitative estimate of drug-likeness (QED) is 0.730. The summed E-state index contributed by atoms with van der Waals surface area (Å²) in [6.07, 6.45) is 6.01. The molecule has 0 radical (unpaired) electrons. The van der Waals surface area contributed by atoms with Gasteiger partial charge in [0, 0.05) is 24.2 Å². The third-order valence-electron chi connectivity index (χ3n) is 8.72. The molecule has 158 valence electrons. The molecule has 0 spiro atoms. The molecule has 29 heavy (non-hydrogen) atoms. The molecular weight excluding hydrogens is 368 g/mol. The Hall–Kier alpha value is -1.75. The highest BCUT2D eigenvalue weighted by molar-refractivity contribution is 5.94. The molecule has 6 atom stereocenters. The normalized spacial score (nSPS) is 43.7. The lowest BCUT2D eigenvalue weighted by atomic mass is 9.46. The fourth-order valence-corrected chi connectivity index (χ4v) is 7.15. The van der Waals surface area contributed by atoms with E-state index in [1.807, 2.05) is 6.92 Å². The van der Waals surface area contributed by atoms with Gasteiger partial charge in [0.15, 0.2) is 5.78 Å². The molecule has 0 saturated heterocycles. The average Bonchev–Trinajstić information content (AvgIpc) is 2.91. The van der Waals surface area contributed by atoms with Crippen LogP contribution in [-0.4, -0.2) is 34.7 Å². The molecule has 0 aliphatic heterocycles. The van der Waals surface area contributed by atoms with Crippen molar-refractivity contribution in [2.45, 2.75) is 71.3 Å². The predicted molar refractivity (Wildman–Crippen MR) is 108 cm³/mol. The first-order valence-corrected chi connectivity index (χ1v) is 10.8. The first kappa shape index (κ1) is 20.5. The molecule has 5 nitrogen and oxygen atoms in total. The van der Waals surface area contributed by atoms with Crippen molar-refractivity contribution in [3.8, 4) is 0 Å². The number of fused-ring (bicyclic) bond motifs is 5. The van der Waals surface area contributed by atoms with Crippen LogP contribution in [0.15, 0.2) is 24.0 Å². The molecule has 1 N–H and O–H groups in total. The average molecular weight is 401 g/mol. The highest BCUT2D eigenvalue weighted by Gasteiger charge is 2.68. The van der Waals surface area contributed by atoms with Crippen LogP contribution >= 0.6 is 0 Å². The largest absolute Gasteiger partial charge is 0.491 e. The third-order valence-corrected chi connectivity index (χ3v) is 8.72. The van der Waals surface area contributed by atoms with Crippen molar-refractivity contribution in [2.24, 2.45) is 28.6 Å². The van der Waals surface area contributed by atoms with E-state index in [1.54, 1.807) is 13.0 Å². The summed E-state index contributed by atoms with van der Waals surface area (Å²) in [4.78, 5) is 38.4. The summed E-state index contributed by atoms with van der Waals surface area (Å²) in [5.41, 5.74) is -1.43. The Labute approximate surface area is 172 Å². The Bertz CT molecular complexity index is 825. The fraction of sp³-hybridized carbons (Fsp3) is 0.708. The number of rotatable bonds is 4. The van der Waals surface area contributed by atoms with E-state index >= 15 is 0 Å². The van der Waals surface area contributed by atoms with Crippen molar-refractivity contribution in [1.29, 1.82) is 0 Å². The highest BCUT2D eigenvalue weighted by atomic mass is 16.5. The van der Waals surface area contributed by atoms with E-state index in [4.69, 9.17) is 4.74 Å². The zero-order chi connectivity index (χ0) is 21.2. The molecular formula is C24H32O5. The van der Waals surface area contributed by atoms with Crippen molar-refractivity contribution in [3.05, 3.63) is 24.0 Å². The molecule has 0 aromatic heterocycles. The molecule has 0 amide bonds. The van der Waals surface area contributed by atoms with Crippen LogP contribution in [0.3, 0.4) is 0 Å². The standard InChI is InChI=1S/C24H32O5/c1-14(2)29-13-20(27)24(28)10-8-18-17-6-5-15-11-16(25)7-9-22(15,3)21(17)19(26)12-23(18,24)4/h11,17-18,21,28H,1,5-10,12-13H2,2-4H3/t17-,18-,21+,22-,23-,24-/m0/s1. The summed E-state index contributed by atoms with van der Waals surface area (Å²) in [5, 5.41) is 11.5. The van der Waals surface area contributed by atoms with Gasteiger partial charge in [-0.15, -0.1) is 0 Å². The van der Waals surface area contributed by atoms with E-state index in [0.717, 1.165) is 31.3 Å². The van der Waals surface area contributed by atoms with Crippen molar-refractivity contribution >= 4 is 17.3 Å². The summed E-state index contributed by atoms with van der Waals surface area (Å²) in [6.45, 7) is 9.20. The van der Waals surface area contributed by atoms with E-state index < -0.39 is 11.0 Å². The summed E-state index contributed by atoms with van der Waals surface area (Å²) in [5.74, 6) is 0.571. The van der Waals surface area contributed by atoms with Crippen molar-refractivity contribution < 1.29 is 24.2 Å². The van der Waals surface area contributed by atoms with Crippen molar-refractivity contribution in [1.82, 2.24) is 0 Å². The Morgan fingerprint density at radius 1 is 1.24 bits per heavy atom. The number of ether oxygens (including phenoxy) is 1. The van der Waals surface area contributed by atoms with Gasteiger partial charge in [-0.3, -0.25) is 14.4 Å². The molecule has 0 heterocycles. The zero-order valence-corrected chi connectivity index (χ0v) is 17.8. The molecule has 0 bridgehead atoms. The van der Waals surface area contributed by atoms with Gasteiger partial charge in [-0.05, 0) is 62.4 Å². The Morgan fingerprint density at radius 3 is 2.66 bits per heavy atom. The van der Waals surface area contributed by atoms with Crippen LogP contribution in [0.2, 0.25) is 0 Å². The monoisotopic (exact) mass is 400 g/mol. The number of carbonyl (C=O) groups excluding carboxylic acids is 3. The molecule has 3 fully saturated rings. The van der Waals surface area contributed by atoms with Gasteiger partial charge in [0.25, 0.3) is 0 Å². The second-order valence-corrected chi connectivity index (χ2v) is 10.2. The maximum absolute atomic E-state index is 13.5. The van der Waals surface area contributed by atoms with Crippen LogP contribution in [0, 0.1) is 28.6 Å². The Balaban J connectivity index is 1.66. The molecule has 0 unspecified atom stereocenters. The first-order valence-electron chi connectivity index (χ1n) is 10.8. The molecule has 5 heteroatoms. The predicted octanol–water partition coefficient (Wildman–Crippen LogP) is 3.55. The van der Waals surface area contributed by atoms with Crippen LogP contribution in [0.1, 0.15) is 65.7 Å². The topological polar surface area (TPSA) is 80.7 Å². The highest BCUT2D eigenvalue weighted by Crippen LogP contribution is 2.66. The molecule has 4 aliphatic rings. The minimum absolute atomic E-state index is 0.113. The van der Waals surface area contributed by atoms with Crippen molar-refractivity contribution in [2.75, 3.05) is 6.61 Å². The van der Waals surface area contributed by atoms with Gasteiger partial charge in [0.2, 0.25) is 5.78 Å². The van der Waals surface area contributed by atoms with Crippen LogP contribution in [0.5, 0.6) is 0 Å². The number of ketones is 3. The summed E-state index contributed by atoms with van der Waals surface area (Å²) in [7, 11) is 0. The van der Waals surface area contributed by atoms with Crippen LogP contribution in [0.4, 0.5) is 0 Å². The van der Waals surface area contributed by atoms with Gasteiger partial charge in [-0.25, -0.2) is 0 Å². The maximum atomic E-state index is 13.5. The number of allylic oxidation sites excluding steroid dienone is 2. The van der Waals surface area contributed by atoms with E-state index in [9.17, 15) is 19.5 Å². The lowest BCUT2D eigenvalue weighted by Crippen LogP contribution is -2.61. The number of hydrogen-bond donors (Lipinski definition) is 1. The summed E-state index contributed by atoms with van der Waals surface area (Å²) in [6, 6.07) is 0.